The lowest BCUT2D eigenvalue weighted by Gasteiger charge is -2.55. The number of carbonyl (C=O) groups is 2. The molecule has 0 saturated heterocycles. The fraction of sp³-hybridized carbons (Fsp3) is 0.500. The minimum Gasteiger partial charge on any atom is -0.295 e. The Hall–Kier alpha value is -1.84. The van der Waals surface area contributed by atoms with Crippen molar-refractivity contribution in [3.05, 3.63) is 49.6 Å². The van der Waals surface area contributed by atoms with E-state index in [0.717, 1.165) is 0 Å². The fourth-order valence-corrected chi connectivity index (χ4v) is 4.63. The second-order valence-corrected chi connectivity index (χ2v) is 7.01. The van der Waals surface area contributed by atoms with Crippen molar-refractivity contribution in [3.63, 3.8) is 0 Å². The lowest BCUT2D eigenvalue weighted by Crippen LogP contribution is -2.65. The van der Waals surface area contributed by atoms with Gasteiger partial charge in [0.2, 0.25) is 0 Å². The van der Waals surface area contributed by atoms with E-state index in [9.17, 15) is 9.59 Å². The number of allylic oxidation sites excluding steroid dienone is 6. The smallest absolute Gasteiger partial charge is 0.192 e. The van der Waals surface area contributed by atoms with Crippen LogP contribution in [0.1, 0.15) is 25.7 Å². The molecule has 4 aliphatic carbocycles. The Bertz CT molecular complexity index is 650. The molecule has 4 rings (SSSR count). The Labute approximate surface area is 141 Å². The Kier molecular flexibility index (Phi) is 4.18. The number of hydrogen-bond donors (Lipinski definition) is 0. The van der Waals surface area contributed by atoms with Crippen LogP contribution in [0.2, 0.25) is 0 Å². The van der Waals surface area contributed by atoms with E-state index >= 15 is 8.78 Å². The van der Waals surface area contributed by atoms with Crippen molar-refractivity contribution in [2.24, 2.45) is 23.7 Å². The van der Waals surface area contributed by atoms with E-state index < -0.39 is 46.6 Å². The van der Waals surface area contributed by atoms with Crippen molar-refractivity contribution in [2.45, 2.75) is 37.0 Å². The van der Waals surface area contributed by atoms with Crippen LogP contribution in [0.4, 0.5) is 8.78 Å². The molecule has 0 unspecified atom stereocenters. The average molecular weight is 332 g/mol. The standard InChI is InChI=1S/C20H22F2O2/c1-3-5-11-19(21)15-9-7-14(18(19)24)13-8-10-16(23)20(22,17(13)15)12-6-4-2/h3-4,7-10,13-15,17H,1-2,5-6,11-12H2/t13-,14+,15-,17-,19+,20-/m0/s1. The maximum absolute atomic E-state index is 15.8. The lowest BCUT2D eigenvalue weighted by molar-refractivity contribution is -0.162. The van der Waals surface area contributed by atoms with Gasteiger partial charge in [0.1, 0.15) is 0 Å². The SMILES string of the molecule is C=CCC[C@]1(F)C(=O)C=C[C@@H]2[C@H]1[C@@H]1C=C[C@H]2C(=O)[C@@]1(F)CCC=C. The maximum atomic E-state index is 15.8. The number of halogens is 2. The molecule has 0 heterocycles. The predicted octanol–water partition coefficient (Wildman–Crippen LogP) is 4.09. The number of alkyl halides is 2. The highest BCUT2D eigenvalue weighted by Gasteiger charge is 2.66. The van der Waals surface area contributed by atoms with Gasteiger partial charge in [-0.05, 0) is 37.7 Å². The van der Waals surface area contributed by atoms with Gasteiger partial charge in [0.25, 0.3) is 0 Å². The zero-order valence-corrected chi connectivity index (χ0v) is 13.6. The summed E-state index contributed by atoms with van der Waals surface area (Å²) in [6.07, 6.45) is 9.89. The normalized spacial score (nSPS) is 42.9. The van der Waals surface area contributed by atoms with Gasteiger partial charge in [-0.1, -0.05) is 30.4 Å². The average Bonchev–Trinajstić information content (AvgIpc) is 2.58. The Morgan fingerprint density at radius 3 is 2.25 bits per heavy atom. The van der Waals surface area contributed by atoms with Gasteiger partial charge in [-0.25, -0.2) is 8.78 Å². The first-order valence-electron chi connectivity index (χ1n) is 8.45. The summed E-state index contributed by atoms with van der Waals surface area (Å²) >= 11 is 0. The third kappa shape index (κ3) is 2.19. The molecule has 4 aliphatic rings. The van der Waals surface area contributed by atoms with Gasteiger partial charge in [-0.15, -0.1) is 13.2 Å². The van der Waals surface area contributed by atoms with Crippen LogP contribution in [0.15, 0.2) is 49.6 Å². The number of carbonyl (C=O) groups excluding carboxylic acids is 2. The summed E-state index contributed by atoms with van der Waals surface area (Å²) in [6.45, 7) is 7.16. The highest BCUT2D eigenvalue weighted by atomic mass is 19.1. The summed E-state index contributed by atoms with van der Waals surface area (Å²) in [5.41, 5.74) is -4.26. The number of rotatable bonds is 6. The van der Waals surface area contributed by atoms with E-state index in [1.165, 1.54) is 6.08 Å². The molecule has 4 heteroatoms. The fourth-order valence-electron chi connectivity index (χ4n) is 4.63. The first kappa shape index (κ1) is 17.0. The first-order chi connectivity index (χ1) is 11.4. The van der Waals surface area contributed by atoms with Gasteiger partial charge in [-0.2, -0.15) is 0 Å². The molecule has 0 aromatic carbocycles. The molecule has 24 heavy (non-hydrogen) atoms. The van der Waals surface area contributed by atoms with Crippen molar-refractivity contribution < 1.29 is 18.4 Å². The van der Waals surface area contributed by atoms with Gasteiger partial charge in [-0.3, -0.25) is 9.59 Å². The molecule has 2 nitrogen and oxygen atoms in total. The van der Waals surface area contributed by atoms with Crippen LogP contribution in [0.5, 0.6) is 0 Å². The summed E-state index contributed by atoms with van der Waals surface area (Å²) in [5.74, 6) is -4.00. The van der Waals surface area contributed by atoms with Crippen molar-refractivity contribution in [1.82, 2.24) is 0 Å². The minimum absolute atomic E-state index is 0.0144. The molecule has 1 fully saturated rings. The van der Waals surface area contributed by atoms with Crippen LogP contribution < -0.4 is 0 Å². The third-order valence-electron chi connectivity index (χ3n) is 5.82. The van der Waals surface area contributed by atoms with Gasteiger partial charge in [0, 0.05) is 17.8 Å². The van der Waals surface area contributed by atoms with Gasteiger partial charge in [0.05, 0.1) is 0 Å². The highest BCUT2D eigenvalue weighted by molar-refractivity contribution is 6.01. The minimum atomic E-state index is -2.15. The Balaban J connectivity index is 2.06. The summed E-state index contributed by atoms with van der Waals surface area (Å²) in [6, 6.07) is 0. The van der Waals surface area contributed by atoms with Crippen molar-refractivity contribution in [2.75, 3.05) is 0 Å². The largest absolute Gasteiger partial charge is 0.295 e. The first-order valence-corrected chi connectivity index (χ1v) is 8.45. The monoisotopic (exact) mass is 332 g/mol. The molecule has 0 amide bonds. The maximum Gasteiger partial charge on any atom is 0.192 e. The second-order valence-electron chi connectivity index (χ2n) is 7.01. The third-order valence-corrected chi connectivity index (χ3v) is 5.82. The number of ketones is 2. The van der Waals surface area contributed by atoms with E-state index in [1.807, 2.05) is 0 Å². The lowest BCUT2D eigenvalue weighted by atomic mass is 9.49. The summed E-state index contributed by atoms with van der Waals surface area (Å²) < 4.78 is 31.4. The molecule has 2 bridgehead atoms. The topological polar surface area (TPSA) is 34.1 Å². The van der Waals surface area contributed by atoms with E-state index in [2.05, 4.69) is 13.2 Å². The van der Waals surface area contributed by atoms with Crippen LogP contribution in [-0.4, -0.2) is 22.9 Å². The zero-order chi connectivity index (χ0) is 17.5. The van der Waals surface area contributed by atoms with Crippen molar-refractivity contribution in [1.29, 1.82) is 0 Å². The van der Waals surface area contributed by atoms with E-state index in [-0.39, 0.29) is 12.8 Å². The quantitative estimate of drug-likeness (QED) is 0.687. The molecule has 0 spiro atoms. The number of fused-ring (bicyclic) bond motifs is 1. The molecule has 0 N–H and O–H groups in total. The van der Waals surface area contributed by atoms with E-state index in [4.69, 9.17) is 0 Å². The van der Waals surface area contributed by atoms with E-state index in [0.29, 0.717) is 12.8 Å². The van der Waals surface area contributed by atoms with Crippen LogP contribution in [0, 0.1) is 23.7 Å². The van der Waals surface area contributed by atoms with Crippen LogP contribution in [-0.2, 0) is 9.59 Å². The highest BCUT2D eigenvalue weighted by Crippen LogP contribution is 2.58. The molecule has 128 valence electrons. The van der Waals surface area contributed by atoms with Crippen LogP contribution >= 0.6 is 0 Å². The van der Waals surface area contributed by atoms with Gasteiger partial charge < -0.3 is 0 Å². The zero-order valence-electron chi connectivity index (χ0n) is 13.6. The van der Waals surface area contributed by atoms with Crippen LogP contribution in [0.25, 0.3) is 0 Å². The van der Waals surface area contributed by atoms with Gasteiger partial charge >= 0.3 is 0 Å². The number of hydrogen-bond acceptors (Lipinski definition) is 2. The second kappa shape index (κ2) is 5.91. The molecular formula is C20H22F2O2. The van der Waals surface area contributed by atoms with Crippen LogP contribution in [0.3, 0.4) is 0 Å². The Morgan fingerprint density at radius 1 is 1.00 bits per heavy atom. The van der Waals surface area contributed by atoms with Crippen molar-refractivity contribution >= 4 is 11.6 Å². The molecule has 0 aromatic rings. The molecule has 0 radical (unpaired) electrons. The summed E-state index contributed by atoms with van der Waals surface area (Å²) in [5, 5.41) is 0. The van der Waals surface area contributed by atoms with Gasteiger partial charge in [0.15, 0.2) is 22.9 Å². The Morgan fingerprint density at radius 2 is 1.62 bits per heavy atom. The number of Topliss-reactive ketones (excluding diaryl/α,β-unsaturated/α-hetero) is 1. The molecule has 6 atom stereocenters. The summed E-state index contributed by atoms with van der Waals surface area (Å²) in [4.78, 5) is 25.0. The van der Waals surface area contributed by atoms with Crippen molar-refractivity contribution in [3.8, 4) is 0 Å². The summed E-state index contributed by atoms with van der Waals surface area (Å²) in [7, 11) is 0. The molecule has 1 saturated carbocycles. The molecule has 0 aromatic heterocycles. The molecular weight excluding hydrogens is 310 g/mol. The predicted molar refractivity (Wildman–Crippen MR) is 88.8 cm³/mol. The van der Waals surface area contributed by atoms with E-state index in [1.54, 1.807) is 30.4 Å². The molecule has 0 aliphatic heterocycles.